The zero-order valence-corrected chi connectivity index (χ0v) is 32.6. The zero-order chi connectivity index (χ0) is 38.5. The Bertz CT molecular complexity index is 3230. The van der Waals surface area contributed by atoms with Gasteiger partial charge in [-0.15, -0.1) is 0 Å². The Balaban J connectivity index is 1.05. The summed E-state index contributed by atoms with van der Waals surface area (Å²) in [4.78, 5) is 15.2. The van der Waals surface area contributed by atoms with E-state index in [1.807, 2.05) is 36.4 Å². The third-order valence-electron chi connectivity index (χ3n) is 12.9. The summed E-state index contributed by atoms with van der Waals surface area (Å²) in [5.74, 6) is 2.13. The molecule has 0 bridgehead atoms. The van der Waals surface area contributed by atoms with Crippen molar-refractivity contribution in [3.05, 3.63) is 180 Å². The number of aromatic nitrogens is 4. The summed E-state index contributed by atoms with van der Waals surface area (Å²) in [6, 6.07) is 48.4. The molecule has 0 amide bonds. The molecule has 2 heterocycles. The molecule has 0 N–H and O–H groups in total. The summed E-state index contributed by atoms with van der Waals surface area (Å²) < 4.78 is 2.52. The molecule has 0 spiro atoms. The van der Waals surface area contributed by atoms with Crippen LogP contribution in [0.15, 0.2) is 152 Å². The van der Waals surface area contributed by atoms with E-state index in [-0.39, 0.29) is 5.41 Å². The Morgan fingerprint density at radius 2 is 1.05 bits per heavy atom. The normalized spacial score (nSPS) is 15.4. The standard InChI is InChI=1S/C54H40N4/c1-54(2)47-31-43-40-25-12-10-23-38(40)37-22-9-11-24-39(37)42(43)29-44(47)45-30-46-41-26-13-14-27-49(41)58(50(46)32-48(45)54)36-21-15-20-35(28-36)53-56-51(33-16-5-3-6-17-33)55-52(57-53)34-18-7-4-8-19-34/h3-12,14,16-19,21-25,27-32H,13,15,20,26H2,1-2H3. The van der Waals surface area contributed by atoms with Gasteiger partial charge in [0.15, 0.2) is 17.5 Å². The predicted octanol–water partition coefficient (Wildman–Crippen LogP) is 13.6. The van der Waals surface area contributed by atoms with Crippen LogP contribution in [0.2, 0.25) is 0 Å². The van der Waals surface area contributed by atoms with Crippen LogP contribution < -0.4 is 0 Å². The van der Waals surface area contributed by atoms with E-state index in [1.165, 1.54) is 82.4 Å². The second-order valence-electron chi connectivity index (χ2n) is 16.6. The number of hydrogen-bond donors (Lipinski definition) is 0. The summed E-state index contributed by atoms with van der Waals surface area (Å²) in [6.45, 7) is 4.83. The smallest absolute Gasteiger partial charge is 0.164 e. The minimum atomic E-state index is -0.181. The average Bonchev–Trinajstić information content (AvgIpc) is 3.72. The summed E-state index contributed by atoms with van der Waals surface area (Å²) >= 11 is 0. The van der Waals surface area contributed by atoms with Crippen LogP contribution >= 0.6 is 0 Å². The van der Waals surface area contributed by atoms with Crippen LogP contribution in [-0.2, 0) is 11.8 Å². The Morgan fingerprint density at radius 1 is 0.517 bits per heavy atom. The Kier molecular flexibility index (Phi) is 7.19. The lowest BCUT2D eigenvalue weighted by Crippen LogP contribution is -2.15. The van der Waals surface area contributed by atoms with Gasteiger partial charge in [0, 0.05) is 33.3 Å². The molecule has 9 aromatic rings. The summed E-state index contributed by atoms with van der Waals surface area (Å²) in [5, 5.41) is 9.28. The Labute approximate surface area is 337 Å². The number of fused-ring (bicyclic) bond motifs is 12. The summed E-state index contributed by atoms with van der Waals surface area (Å²) in [5.41, 5.74) is 13.6. The van der Waals surface area contributed by atoms with Crippen molar-refractivity contribution < 1.29 is 0 Å². The quantitative estimate of drug-likeness (QED) is 0.169. The molecule has 0 unspecified atom stereocenters. The molecule has 0 atom stereocenters. The number of hydrogen-bond acceptors (Lipinski definition) is 3. The monoisotopic (exact) mass is 744 g/mol. The van der Waals surface area contributed by atoms with Crippen LogP contribution in [0.25, 0.3) is 94.5 Å². The molecule has 0 aliphatic heterocycles. The number of benzene rings is 7. The maximum Gasteiger partial charge on any atom is 0.164 e. The molecule has 0 radical (unpaired) electrons. The number of rotatable bonds is 4. The minimum Gasteiger partial charge on any atom is -0.310 e. The lowest BCUT2D eigenvalue weighted by molar-refractivity contribution is 0.662. The molecular formula is C54H40N4. The molecule has 0 saturated heterocycles. The van der Waals surface area contributed by atoms with Gasteiger partial charge >= 0.3 is 0 Å². The first-order chi connectivity index (χ1) is 28.5. The van der Waals surface area contributed by atoms with Gasteiger partial charge in [0.1, 0.15) is 0 Å². The zero-order valence-electron chi connectivity index (χ0n) is 32.6. The minimum absolute atomic E-state index is 0.181. The highest BCUT2D eigenvalue weighted by Crippen LogP contribution is 2.53. The van der Waals surface area contributed by atoms with Gasteiger partial charge in [-0.3, -0.25) is 0 Å². The highest BCUT2D eigenvalue weighted by molar-refractivity contribution is 6.26. The fraction of sp³-hybridized carbons (Fsp3) is 0.130. The fourth-order valence-electron chi connectivity index (χ4n) is 10.1. The molecule has 3 aliphatic rings. The molecular weight excluding hydrogens is 705 g/mol. The molecule has 12 rings (SSSR count). The second kappa shape index (κ2) is 12.5. The van der Waals surface area contributed by atoms with Crippen LogP contribution in [0.5, 0.6) is 0 Å². The lowest BCUT2D eigenvalue weighted by atomic mass is 9.81. The number of nitrogens with zero attached hydrogens (tertiary/aromatic N) is 4. The molecule has 4 heteroatoms. The first kappa shape index (κ1) is 33.3. The number of allylic oxidation sites excluding steroid dienone is 5. The van der Waals surface area contributed by atoms with E-state index < -0.39 is 0 Å². The van der Waals surface area contributed by atoms with Crippen molar-refractivity contribution in [1.29, 1.82) is 0 Å². The summed E-state index contributed by atoms with van der Waals surface area (Å²) in [7, 11) is 0. The third kappa shape index (κ3) is 4.91. The molecule has 7 aromatic carbocycles. The van der Waals surface area contributed by atoms with Gasteiger partial charge in [-0.05, 0) is 128 Å². The maximum absolute atomic E-state index is 5.13. The highest BCUT2D eigenvalue weighted by Gasteiger charge is 2.37. The fourth-order valence-corrected chi connectivity index (χ4v) is 10.1. The molecule has 2 aromatic heterocycles. The van der Waals surface area contributed by atoms with E-state index in [1.54, 1.807) is 0 Å². The molecule has 276 valence electrons. The van der Waals surface area contributed by atoms with Crippen LogP contribution in [0.4, 0.5) is 0 Å². The maximum atomic E-state index is 5.13. The molecule has 3 aliphatic carbocycles. The average molecular weight is 745 g/mol. The van der Waals surface area contributed by atoms with E-state index in [2.05, 4.69) is 140 Å². The lowest BCUT2D eigenvalue weighted by Gasteiger charge is -2.23. The van der Waals surface area contributed by atoms with Crippen LogP contribution in [0, 0.1) is 0 Å². The Hall–Kier alpha value is -6.91. The van der Waals surface area contributed by atoms with Crippen molar-refractivity contribution in [2.75, 3.05) is 0 Å². The van der Waals surface area contributed by atoms with Crippen LogP contribution in [0.3, 0.4) is 0 Å². The number of aryl methyl sites for hydroxylation is 1. The van der Waals surface area contributed by atoms with Crippen molar-refractivity contribution in [3.63, 3.8) is 0 Å². The molecule has 0 fully saturated rings. The van der Waals surface area contributed by atoms with E-state index in [0.29, 0.717) is 11.6 Å². The van der Waals surface area contributed by atoms with Gasteiger partial charge < -0.3 is 4.57 Å². The topological polar surface area (TPSA) is 43.6 Å². The van der Waals surface area contributed by atoms with E-state index >= 15 is 0 Å². The van der Waals surface area contributed by atoms with Gasteiger partial charge in [-0.1, -0.05) is 135 Å². The van der Waals surface area contributed by atoms with Gasteiger partial charge in [0.25, 0.3) is 0 Å². The SMILES string of the molecule is CC1(C)c2cc3c4ccccc4c4ccccc4c3cc2-c2cc3c4c(n(C5=CCCC(c6nc(-c7ccccc7)nc(-c7ccccc7)n6)=C5)c3cc21)C=CCC4. The van der Waals surface area contributed by atoms with Crippen molar-refractivity contribution in [1.82, 2.24) is 19.5 Å². The second-order valence-corrected chi connectivity index (χ2v) is 16.6. The molecule has 58 heavy (non-hydrogen) atoms. The first-order valence-corrected chi connectivity index (χ1v) is 20.6. The predicted molar refractivity (Wildman–Crippen MR) is 242 cm³/mol. The largest absolute Gasteiger partial charge is 0.310 e. The van der Waals surface area contributed by atoms with Crippen LogP contribution in [0.1, 0.15) is 61.3 Å². The molecule has 4 nitrogen and oxygen atoms in total. The van der Waals surface area contributed by atoms with E-state index in [0.717, 1.165) is 48.2 Å². The van der Waals surface area contributed by atoms with Crippen LogP contribution in [-0.4, -0.2) is 19.5 Å². The van der Waals surface area contributed by atoms with Gasteiger partial charge in [0.2, 0.25) is 0 Å². The van der Waals surface area contributed by atoms with Crippen molar-refractivity contribution >= 4 is 60.6 Å². The van der Waals surface area contributed by atoms with Gasteiger partial charge in [-0.2, -0.15) is 0 Å². The van der Waals surface area contributed by atoms with E-state index in [4.69, 9.17) is 15.0 Å². The Morgan fingerprint density at radius 3 is 1.69 bits per heavy atom. The highest BCUT2D eigenvalue weighted by atomic mass is 15.0. The van der Waals surface area contributed by atoms with Crippen molar-refractivity contribution in [2.45, 2.75) is 44.9 Å². The molecule has 0 saturated carbocycles. The van der Waals surface area contributed by atoms with Gasteiger partial charge in [-0.25, -0.2) is 15.0 Å². The van der Waals surface area contributed by atoms with Gasteiger partial charge in [0.05, 0.1) is 5.52 Å². The van der Waals surface area contributed by atoms with Crippen molar-refractivity contribution in [2.24, 2.45) is 0 Å². The van der Waals surface area contributed by atoms with E-state index in [9.17, 15) is 0 Å². The third-order valence-corrected chi connectivity index (χ3v) is 12.9. The van der Waals surface area contributed by atoms with Crippen molar-refractivity contribution in [3.8, 4) is 33.9 Å². The first-order valence-electron chi connectivity index (χ1n) is 20.6. The summed E-state index contributed by atoms with van der Waals surface area (Å²) in [6.07, 6.45) is 13.3.